The van der Waals surface area contributed by atoms with Crippen LogP contribution in [0.1, 0.15) is 12.0 Å². The third-order valence-corrected chi connectivity index (χ3v) is 4.60. The van der Waals surface area contributed by atoms with E-state index in [1.165, 1.54) is 6.33 Å². The Bertz CT molecular complexity index is 1130. The quantitative estimate of drug-likeness (QED) is 0.457. The fraction of sp³-hybridized carbons (Fsp3) is 0.0909. The Morgan fingerprint density at radius 2 is 1.83 bits per heavy atom. The summed E-state index contributed by atoms with van der Waals surface area (Å²) in [6.07, 6.45) is 6.01. The highest BCUT2D eigenvalue weighted by Gasteiger charge is 2.05. The maximum atomic E-state index is 12.2. The smallest absolute Gasteiger partial charge is 0.224 e. The van der Waals surface area contributed by atoms with Crippen molar-refractivity contribution in [2.24, 2.45) is 0 Å². The Kier molecular flexibility index (Phi) is 6.01. The Labute approximate surface area is 178 Å². The first-order chi connectivity index (χ1) is 14.7. The van der Waals surface area contributed by atoms with E-state index in [0.717, 1.165) is 16.9 Å². The molecule has 150 valence electrons. The molecule has 4 aromatic rings. The molecule has 0 unspecified atom stereocenters. The number of hydrogen-bond donors (Lipinski definition) is 2. The van der Waals surface area contributed by atoms with Gasteiger partial charge in [0.15, 0.2) is 5.82 Å². The molecule has 0 aliphatic rings. The number of amides is 1. The molecule has 0 bridgehead atoms. The maximum absolute atomic E-state index is 12.2. The van der Waals surface area contributed by atoms with Crippen molar-refractivity contribution in [1.29, 1.82) is 0 Å². The zero-order chi connectivity index (χ0) is 20.8. The van der Waals surface area contributed by atoms with Gasteiger partial charge in [0.05, 0.1) is 0 Å². The molecule has 30 heavy (non-hydrogen) atoms. The lowest BCUT2D eigenvalue weighted by molar-refractivity contribution is -0.116. The lowest BCUT2D eigenvalue weighted by Gasteiger charge is -2.09. The summed E-state index contributed by atoms with van der Waals surface area (Å²) in [5.41, 5.74) is 2.62. The molecule has 0 spiro atoms. The van der Waals surface area contributed by atoms with Gasteiger partial charge in [0.25, 0.3) is 0 Å². The van der Waals surface area contributed by atoms with Crippen LogP contribution in [0.4, 0.5) is 17.2 Å². The van der Waals surface area contributed by atoms with E-state index in [2.05, 4.69) is 25.7 Å². The van der Waals surface area contributed by atoms with E-state index in [1.54, 1.807) is 16.9 Å². The van der Waals surface area contributed by atoms with Crippen molar-refractivity contribution in [3.8, 4) is 5.82 Å². The molecule has 0 radical (unpaired) electrons. The van der Waals surface area contributed by atoms with Crippen molar-refractivity contribution in [2.45, 2.75) is 12.8 Å². The molecule has 2 heterocycles. The molecule has 2 aromatic carbocycles. The van der Waals surface area contributed by atoms with Crippen molar-refractivity contribution < 1.29 is 4.79 Å². The molecule has 0 aliphatic carbocycles. The van der Waals surface area contributed by atoms with Crippen LogP contribution in [-0.2, 0) is 11.2 Å². The summed E-state index contributed by atoms with van der Waals surface area (Å²) in [6.45, 7) is 0. The van der Waals surface area contributed by atoms with E-state index in [-0.39, 0.29) is 5.91 Å². The molecule has 0 aliphatic heterocycles. The van der Waals surface area contributed by atoms with Crippen LogP contribution in [-0.4, -0.2) is 25.7 Å². The fourth-order valence-corrected chi connectivity index (χ4v) is 3.12. The zero-order valence-corrected chi connectivity index (χ0v) is 16.8. The zero-order valence-electron chi connectivity index (χ0n) is 16.0. The minimum atomic E-state index is -0.0460. The molecule has 0 saturated heterocycles. The number of anilines is 3. The van der Waals surface area contributed by atoms with Crippen molar-refractivity contribution in [1.82, 2.24) is 19.7 Å². The second-order valence-corrected chi connectivity index (χ2v) is 7.03. The van der Waals surface area contributed by atoms with E-state index in [9.17, 15) is 4.79 Å². The summed E-state index contributed by atoms with van der Waals surface area (Å²) in [4.78, 5) is 20.7. The first kappa shape index (κ1) is 19.6. The van der Waals surface area contributed by atoms with Crippen LogP contribution in [0.5, 0.6) is 0 Å². The highest BCUT2D eigenvalue weighted by Crippen LogP contribution is 2.19. The number of halogens is 1. The molecule has 8 heteroatoms. The largest absolute Gasteiger partial charge is 0.340 e. The molecule has 2 aromatic heterocycles. The van der Waals surface area contributed by atoms with Gasteiger partial charge in [0.2, 0.25) is 5.91 Å². The summed E-state index contributed by atoms with van der Waals surface area (Å²) < 4.78 is 1.66. The summed E-state index contributed by atoms with van der Waals surface area (Å²) in [7, 11) is 0. The summed E-state index contributed by atoms with van der Waals surface area (Å²) >= 11 is 5.98. The second kappa shape index (κ2) is 9.19. The molecule has 1 amide bonds. The number of hydrogen-bond acceptors (Lipinski definition) is 5. The Hall–Kier alpha value is -3.71. The van der Waals surface area contributed by atoms with Gasteiger partial charge in [-0.15, -0.1) is 0 Å². The summed E-state index contributed by atoms with van der Waals surface area (Å²) in [6, 6.07) is 18.6. The lowest BCUT2D eigenvalue weighted by atomic mass is 10.1. The van der Waals surface area contributed by atoms with E-state index >= 15 is 0 Å². The fourth-order valence-electron chi connectivity index (χ4n) is 2.90. The van der Waals surface area contributed by atoms with Crippen LogP contribution in [0.2, 0.25) is 5.02 Å². The maximum Gasteiger partial charge on any atom is 0.224 e. The third kappa shape index (κ3) is 5.21. The van der Waals surface area contributed by atoms with Gasteiger partial charge in [-0.3, -0.25) is 4.79 Å². The van der Waals surface area contributed by atoms with Gasteiger partial charge in [0, 0.05) is 41.3 Å². The molecule has 0 saturated carbocycles. The van der Waals surface area contributed by atoms with Crippen molar-refractivity contribution >= 4 is 34.7 Å². The van der Waals surface area contributed by atoms with Gasteiger partial charge in [-0.2, -0.15) is 5.10 Å². The third-order valence-electron chi connectivity index (χ3n) is 4.36. The summed E-state index contributed by atoms with van der Waals surface area (Å²) in [5, 5.41) is 11.0. The second-order valence-electron chi connectivity index (χ2n) is 6.59. The molecule has 7 nitrogen and oxygen atoms in total. The minimum absolute atomic E-state index is 0.0460. The average molecular weight is 419 g/mol. The topological polar surface area (TPSA) is 84.7 Å². The molecule has 4 rings (SSSR count). The van der Waals surface area contributed by atoms with Crippen LogP contribution in [0.15, 0.2) is 79.4 Å². The van der Waals surface area contributed by atoms with Crippen LogP contribution in [0.3, 0.4) is 0 Å². The average Bonchev–Trinajstić information content (AvgIpc) is 3.29. The van der Waals surface area contributed by atoms with Gasteiger partial charge >= 0.3 is 0 Å². The molecule has 0 atom stereocenters. The number of rotatable bonds is 7. The van der Waals surface area contributed by atoms with Crippen LogP contribution >= 0.6 is 11.6 Å². The van der Waals surface area contributed by atoms with Crippen LogP contribution in [0, 0.1) is 0 Å². The number of carbonyl (C=O) groups excluding carboxylic acids is 1. The number of nitrogens with one attached hydrogen (secondary N) is 2. The van der Waals surface area contributed by atoms with Crippen molar-refractivity contribution in [3.05, 3.63) is 90.0 Å². The predicted molar refractivity (Wildman–Crippen MR) is 117 cm³/mol. The van der Waals surface area contributed by atoms with Crippen LogP contribution < -0.4 is 10.6 Å². The van der Waals surface area contributed by atoms with Gasteiger partial charge in [-0.1, -0.05) is 23.7 Å². The lowest BCUT2D eigenvalue weighted by Crippen LogP contribution is -2.12. The normalized spacial score (nSPS) is 10.6. The highest BCUT2D eigenvalue weighted by atomic mass is 35.5. The monoisotopic (exact) mass is 418 g/mol. The van der Waals surface area contributed by atoms with Gasteiger partial charge in [-0.25, -0.2) is 14.6 Å². The standard InChI is InChI=1S/C22H19ClN6O/c23-17-4-1-3-16(13-17)5-10-22(30)28-19-8-6-18(7-9-19)27-20-14-21(25-15-24-20)29-12-2-11-26-29/h1-4,6-9,11-15H,5,10H2,(H,28,30)(H,24,25,27). The van der Waals surface area contributed by atoms with E-state index in [1.807, 2.05) is 60.8 Å². The number of aromatic nitrogens is 4. The molecular formula is C22H19ClN6O. The van der Waals surface area contributed by atoms with E-state index in [0.29, 0.717) is 29.5 Å². The number of benzene rings is 2. The number of nitrogens with zero attached hydrogens (tertiary/aromatic N) is 4. The highest BCUT2D eigenvalue weighted by molar-refractivity contribution is 6.30. The van der Waals surface area contributed by atoms with Gasteiger partial charge in [0.1, 0.15) is 12.1 Å². The predicted octanol–water partition coefficient (Wildman–Crippen LogP) is 4.63. The van der Waals surface area contributed by atoms with E-state index < -0.39 is 0 Å². The first-order valence-corrected chi connectivity index (χ1v) is 9.77. The van der Waals surface area contributed by atoms with Crippen LogP contribution in [0.25, 0.3) is 5.82 Å². The Balaban J connectivity index is 1.33. The van der Waals surface area contributed by atoms with Gasteiger partial charge < -0.3 is 10.6 Å². The number of carbonyl (C=O) groups is 1. The first-order valence-electron chi connectivity index (χ1n) is 9.39. The minimum Gasteiger partial charge on any atom is -0.340 e. The Morgan fingerprint density at radius 1 is 1.00 bits per heavy atom. The molecule has 2 N–H and O–H groups in total. The summed E-state index contributed by atoms with van der Waals surface area (Å²) in [5.74, 6) is 1.27. The molecular weight excluding hydrogens is 400 g/mol. The molecule has 0 fully saturated rings. The Morgan fingerprint density at radius 3 is 2.60 bits per heavy atom. The van der Waals surface area contributed by atoms with Crippen molar-refractivity contribution in [2.75, 3.05) is 10.6 Å². The van der Waals surface area contributed by atoms with E-state index in [4.69, 9.17) is 11.6 Å². The number of aryl methyl sites for hydroxylation is 1. The SMILES string of the molecule is O=C(CCc1cccc(Cl)c1)Nc1ccc(Nc2cc(-n3cccn3)ncn2)cc1. The van der Waals surface area contributed by atoms with Crippen molar-refractivity contribution in [3.63, 3.8) is 0 Å². The van der Waals surface area contributed by atoms with Gasteiger partial charge in [-0.05, 0) is 54.4 Å².